The fourth-order valence-corrected chi connectivity index (χ4v) is 3.23. The topological polar surface area (TPSA) is 88.3 Å². The van der Waals surface area contributed by atoms with Crippen molar-refractivity contribution in [3.8, 4) is 0 Å². The molecule has 1 aliphatic heterocycles. The molecule has 0 unspecified atom stereocenters. The van der Waals surface area contributed by atoms with Gasteiger partial charge < -0.3 is 14.7 Å². The number of nitrogens with zero attached hydrogens (tertiary/aromatic N) is 3. The van der Waals surface area contributed by atoms with E-state index in [1.54, 1.807) is 11.8 Å². The normalized spacial score (nSPS) is 21.7. The molecule has 7 heteroatoms. The van der Waals surface area contributed by atoms with Crippen LogP contribution in [0, 0.1) is 6.92 Å². The molecule has 2 aliphatic rings. The highest BCUT2D eigenvalue weighted by Crippen LogP contribution is 2.33. The lowest BCUT2D eigenvalue weighted by atomic mass is 9.96. The molecule has 114 valence electrons. The van der Waals surface area contributed by atoms with Gasteiger partial charge in [-0.3, -0.25) is 9.59 Å². The Hall–Kier alpha value is -1.92. The summed E-state index contributed by atoms with van der Waals surface area (Å²) in [5.41, 5.74) is -0.668. The zero-order valence-corrected chi connectivity index (χ0v) is 12.2. The molecule has 2 heterocycles. The average Bonchev–Trinajstić information content (AvgIpc) is 3.05. The number of hydrogen-bond acceptors (Lipinski definition) is 5. The highest BCUT2D eigenvalue weighted by Gasteiger charge is 2.46. The quantitative estimate of drug-likeness (QED) is 0.880. The van der Waals surface area contributed by atoms with Gasteiger partial charge in [0.1, 0.15) is 5.54 Å². The van der Waals surface area contributed by atoms with Crippen LogP contribution < -0.4 is 5.32 Å². The first kappa shape index (κ1) is 14.0. The second kappa shape index (κ2) is 5.46. The number of nitrogens with one attached hydrogen (secondary N) is 1. The minimum atomic E-state index is -0.668. The van der Waals surface area contributed by atoms with Crippen LogP contribution in [0.5, 0.6) is 0 Å². The molecule has 7 nitrogen and oxygen atoms in total. The molecule has 3 rings (SSSR count). The molecule has 1 aromatic heterocycles. The number of rotatable bonds is 3. The molecule has 1 aromatic rings. The van der Waals surface area contributed by atoms with Crippen LogP contribution in [0.25, 0.3) is 0 Å². The highest BCUT2D eigenvalue weighted by molar-refractivity contribution is 5.93. The molecule has 21 heavy (non-hydrogen) atoms. The van der Waals surface area contributed by atoms with E-state index in [0.29, 0.717) is 37.6 Å². The summed E-state index contributed by atoms with van der Waals surface area (Å²) in [5, 5.41) is 6.70. The van der Waals surface area contributed by atoms with E-state index in [1.807, 2.05) is 0 Å². The third-order valence-corrected chi connectivity index (χ3v) is 4.31. The van der Waals surface area contributed by atoms with Crippen LogP contribution in [-0.2, 0) is 16.0 Å². The average molecular weight is 292 g/mol. The van der Waals surface area contributed by atoms with Gasteiger partial charge in [-0.15, -0.1) is 0 Å². The maximum absolute atomic E-state index is 12.8. The number of carbonyl (C=O) groups excluding carboxylic acids is 2. The smallest absolute Gasteiger partial charge is 0.248 e. The van der Waals surface area contributed by atoms with Crippen LogP contribution >= 0.6 is 0 Å². The van der Waals surface area contributed by atoms with Crippen molar-refractivity contribution >= 4 is 11.8 Å². The summed E-state index contributed by atoms with van der Waals surface area (Å²) in [6.45, 7) is 2.73. The Balaban J connectivity index is 1.71. The van der Waals surface area contributed by atoms with Crippen molar-refractivity contribution in [2.45, 2.75) is 51.0 Å². The molecule has 1 saturated heterocycles. The Bertz CT molecular complexity index is 548. The van der Waals surface area contributed by atoms with E-state index in [9.17, 15) is 9.59 Å². The van der Waals surface area contributed by atoms with E-state index < -0.39 is 5.54 Å². The van der Waals surface area contributed by atoms with Crippen LogP contribution in [-0.4, -0.2) is 45.5 Å². The fourth-order valence-electron chi connectivity index (χ4n) is 3.23. The third kappa shape index (κ3) is 2.77. The van der Waals surface area contributed by atoms with Gasteiger partial charge in [-0.25, -0.2) is 0 Å². The van der Waals surface area contributed by atoms with Gasteiger partial charge in [0.15, 0.2) is 5.82 Å². The predicted octanol–water partition coefficient (Wildman–Crippen LogP) is 0.582. The Morgan fingerprint density at radius 1 is 1.33 bits per heavy atom. The Morgan fingerprint density at radius 3 is 2.76 bits per heavy atom. The molecule has 1 N–H and O–H groups in total. The first-order valence-corrected chi connectivity index (χ1v) is 7.49. The molecule has 1 spiro atoms. The molecule has 2 fully saturated rings. The van der Waals surface area contributed by atoms with Crippen molar-refractivity contribution in [1.82, 2.24) is 20.4 Å². The lowest BCUT2D eigenvalue weighted by molar-refractivity contribution is -0.138. The number of carbonyl (C=O) groups is 2. The second-order valence-electron chi connectivity index (χ2n) is 5.86. The monoisotopic (exact) mass is 292 g/mol. The number of aromatic nitrogens is 2. The van der Waals surface area contributed by atoms with Crippen molar-refractivity contribution in [3.05, 3.63) is 11.7 Å². The van der Waals surface area contributed by atoms with Crippen LogP contribution in [0.1, 0.15) is 43.8 Å². The molecule has 1 saturated carbocycles. The van der Waals surface area contributed by atoms with Crippen molar-refractivity contribution < 1.29 is 14.1 Å². The molecule has 0 atom stereocenters. The molecule has 0 aromatic carbocycles. The Kier molecular flexibility index (Phi) is 3.65. The first-order chi connectivity index (χ1) is 10.1. The number of hydrogen-bond donors (Lipinski definition) is 1. The van der Waals surface area contributed by atoms with Crippen LogP contribution in [0.15, 0.2) is 4.52 Å². The Labute approximate surface area is 123 Å². The molecule has 0 radical (unpaired) electrons. The molecule has 0 bridgehead atoms. The van der Waals surface area contributed by atoms with Gasteiger partial charge in [0.25, 0.3) is 0 Å². The largest absolute Gasteiger partial charge is 0.342 e. The molecular formula is C14H20N4O3. The summed E-state index contributed by atoms with van der Waals surface area (Å²) in [7, 11) is 0. The van der Waals surface area contributed by atoms with Crippen molar-refractivity contribution in [3.63, 3.8) is 0 Å². The number of aryl methyl sites for hydroxylation is 1. The minimum absolute atomic E-state index is 0.0265. The van der Waals surface area contributed by atoms with E-state index in [0.717, 1.165) is 25.7 Å². The maximum atomic E-state index is 12.8. The molecule has 2 amide bonds. The highest BCUT2D eigenvalue weighted by atomic mass is 16.5. The Morgan fingerprint density at radius 2 is 2.10 bits per heavy atom. The standard InChI is InChI=1S/C14H20N4O3/c1-10-15-12(21-17-10)5-9-18-8-4-11(19)16-14(13(18)20)6-2-3-7-14/h2-9H2,1H3,(H,16,19). The lowest BCUT2D eigenvalue weighted by Gasteiger charge is -2.31. The van der Waals surface area contributed by atoms with Gasteiger partial charge in [-0.05, 0) is 19.8 Å². The van der Waals surface area contributed by atoms with Gasteiger partial charge in [0, 0.05) is 25.9 Å². The van der Waals surface area contributed by atoms with Crippen LogP contribution in [0.3, 0.4) is 0 Å². The SMILES string of the molecule is Cc1noc(CCN2CCC(=O)NC3(CCCC3)C2=O)n1. The van der Waals surface area contributed by atoms with Crippen molar-refractivity contribution in [2.24, 2.45) is 0 Å². The van der Waals surface area contributed by atoms with Gasteiger partial charge in [-0.1, -0.05) is 18.0 Å². The zero-order chi connectivity index (χ0) is 14.9. The zero-order valence-electron chi connectivity index (χ0n) is 12.2. The first-order valence-electron chi connectivity index (χ1n) is 7.49. The van der Waals surface area contributed by atoms with Gasteiger partial charge >= 0.3 is 0 Å². The van der Waals surface area contributed by atoms with E-state index in [1.165, 1.54) is 0 Å². The van der Waals surface area contributed by atoms with Crippen LogP contribution in [0.2, 0.25) is 0 Å². The maximum Gasteiger partial charge on any atom is 0.248 e. The van der Waals surface area contributed by atoms with Gasteiger partial charge in [0.05, 0.1) is 0 Å². The van der Waals surface area contributed by atoms with Gasteiger partial charge in [0.2, 0.25) is 17.7 Å². The van der Waals surface area contributed by atoms with E-state index in [-0.39, 0.29) is 11.8 Å². The predicted molar refractivity (Wildman–Crippen MR) is 73.3 cm³/mol. The summed E-state index contributed by atoms with van der Waals surface area (Å²) in [6.07, 6.45) is 4.35. The van der Waals surface area contributed by atoms with E-state index in [4.69, 9.17) is 4.52 Å². The summed E-state index contributed by atoms with van der Waals surface area (Å²) >= 11 is 0. The molecular weight excluding hydrogens is 272 g/mol. The summed E-state index contributed by atoms with van der Waals surface area (Å²) in [5.74, 6) is 1.14. The van der Waals surface area contributed by atoms with Gasteiger partial charge in [-0.2, -0.15) is 4.98 Å². The summed E-state index contributed by atoms with van der Waals surface area (Å²) < 4.78 is 5.08. The van der Waals surface area contributed by atoms with Crippen molar-refractivity contribution in [1.29, 1.82) is 0 Å². The minimum Gasteiger partial charge on any atom is -0.342 e. The summed E-state index contributed by atoms with van der Waals surface area (Å²) in [6, 6.07) is 0. The third-order valence-electron chi connectivity index (χ3n) is 4.31. The fraction of sp³-hybridized carbons (Fsp3) is 0.714. The summed E-state index contributed by atoms with van der Waals surface area (Å²) in [4.78, 5) is 30.6. The van der Waals surface area contributed by atoms with Crippen LogP contribution in [0.4, 0.5) is 0 Å². The van der Waals surface area contributed by atoms with E-state index >= 15 is 0 Å². The van der Waals surface area contributed by atoms with Crippen molar-refractivity contribution in [2.75, 3.05) is 13.1 Å². The number of amides is 2. The second-order valence-corrected chi connectivity index (χ2v) is 5.86. The van der Waals surface area contributed by atoms with E-state index in [2.05, 4.69) is 15.5 Å². The molecule has 1 aliphatic carbocycles. The lowest BCUT2D eigenvalue weighted by Crippen LogP contribution is -2.55.